The van der Waals surface area contributed by atoms with Gasteiger partial charge in [0.15, 0.2) is 5.96 Å². The molecule has 6 nitrogen and oxygen atoms in total. The van der Waals surface area contributed by atoms with Crippen LogP contribution in [0.5, 0.6) is 5.75 Å². The molecular weight excluding hydrogens is 354 g/mol. The average molecular weight is 388 g/mol. The number of benzene rings is 1. The number of carbonyl (C=O) groups is 1. The second-order valence-corrected chi connectivity index (χ2v) is 8.12. The number of esters is 1. The van der Waals surface area contributed by atoms with Crippen molar-refractivity contribution in [3.8, 4) is 5.75 Å². The van der Waals surface area contributed by atoms with Crippen molar-refractivity contribution in [1.82, 2.24) is 10.6 Å². The molecule has 28 heavy (non-hydrogen) atoms. The van der Waals surface area contributed by atoms with Crippen LogP contribution in [0, 0.1) is 11.3 Å². The Morgan fingerprint density at radius 2 is 2.11 bits per heavy atom. The molecular formula is C22H33N3O3. The van der Waals surface area contributed by atoms with Gasteiger partial charge in [-0.05, 0) is 54.7 Å². The summed E-state index contributed by atoms with van der Waals surface area (Å²) < 4.78 is 11.0. The van der Waals surface area contributed by atoms with Gasteiger partial charge in [0.25, 0.3) is 0 Å². The lowest BCUT2D eigenvalue weighted by Crippen LogP contribution is -2.41. The van der Waals surface area contributed by atoms with E-state index in [1.807, 2.05) is 19.1 Å². The maximum atomic E-state index is 11.8. The fraction of sp³-hybridized carbons (Fsp3) is 0.636. The van der Waals surface area contributed by atoms with Gasteiger partial charge in [0.2, 0.25) is 0 Å². The van der Waals surface area contributed by atoms with Crippen molar-refractivity contribution < 1.29 is 14.3 Å². The first kappa shape index (κ1) is 20.5. The van der Waals surface area contributed by atoms with Crippen molar-refractivity contribution >= 4 is 11.9 Å². The molecule has 0 radical (unpaired) electrons. The first-order chi connectivity index (χ1) is 13.5. The summed E-state index contributed by atoms with van der Waals surface area (Å²) >= 11 is 0. The van der Waals surface area contributed by atoms with Crippen LogP contribution in [0.2, 0.25) is 0 Å². The van der Waals surface area contributed by atoms with E-state index >= 15 is 0 Å². The molecule has 2 aliphatic rings. The van der Waals surface area contributed by atoms with E-state index in [2.05, 4.69) is 41.6 Å². The van der Waals surface area contributed by atoms with E-state index in [0.717, 1.165) is 44.2 Å². The second-order valence-electron chi connectivity index (χ2n) is 8.12. The number of hydrogen-bond donors (Lipinski definition) is 2. The molecule has 154 valence electrons. The van der Waals surface area contributed by atoms with Crippen LogP contribution in [0.3, 0.4) is 0 Å². The number of guanidine groups is 1. The Morgan fingerprint density at radius 1 is 1.32 bits per heavy atom. The standard InChI is InChI=1S/C22H33N3O3/c1-4-27-19(26)15-18-20(22(18,2)3)16-7-9-17(10-8-16)28-14-6-13-25-21-23-11-5-12-24-21/h7-10,18,20H,4-6,11-15H2,1-3H3,(H2,23,24,25). The summed E-state index contributed by atoms with van der Waals surface area (Å²) in [6.45, 7) is 10.2. The molecule has 1 aromatic rings. The van der Waals surface area contributed by atoms with Crippen molar-refractivity contribution in [2.45, 2.75) is 46.0 Å². The molecule has 3 rings (SSSR count). The van der Waals surface area contributed by atoms with E-state index in [0.29, 0.717) is 31.5 Å². The number of ether oxygens (including phenoxy) is 2. The van der Waals surface area contributed by atoms with Crippen LogP contribution in [0.1, 0.15) is 51.5 Å². The SMILES string of the molecule is CCOC(=O)CC1C(c2ccc(OCCCNC3=NCCCN3)cc2)C1(C)C. The van der Waals surface area contributed by atoms with Gasteiger partial charge >= 0.3 is 5.97 Å². The fourth-order valence-corrected chi connectivity index (χ4v) is 4.08. The molecule has 1 aliphatic heterocycles. The summed E-state index contributed by atoms with van der Waals surface area (Å²) in [6, 6.07) is 8.33. The highest BCUT2D eigenvalue weighted by Crippen LogP contribution is 2.65. The Balaban J connectivity index is 1.41. The molecule has 1 heterocycles. The number of aliphatic imine (C=N–C) groups is 1. The van der Waals surface area contributed by atoms with Gasteiger partial charge in [-0.2, -0.15) is 0 Å². The first-order valence-electron chi connectivity index (χ1n) is 10.4. The number of nitrogens with one attached hydrogen (secondary N) is 2. The van der Waals surface area contributed by atoms with E-state index in [9.17, 15) is 4.79 Å². The van der Waals surface area contributed by atoms with Gasteiger partial charge in [-0.1, -0.05) is 26.0 Å². The van der Waals surface area contributed by atoms with E-state index in [4.69, 9.17) is 9.47 Å². The minimum Gasteiger partial charge on any atom is -0.494 e. The lowest BCUT2D eigenvalue weighted by atomic mass is 10.0. The summed E-state index contributed by atoms with van der Waals surface area (Å²) in [5.74, 6) is 2.45. The van der Waals surface area contributed by atoms with Crippen LogP contribution >= 0.6 is 0 Å². The summed E-state index contributed by atoms with van der Waals surface area (Å²) in [7, 11) is 0. The monoisotopic (exact) mass is 387 g/mol. The lowest BCUT2D eigenvalue weighted by molar-refractivity contribution is -0.143. The molecule has 1 aliphatic carbocycles. The summed E-state index contributed by atoms with van der Waals surface area (Å²) in [5, 5.41) is 6.55. The number of carbonyl (C=O) groups excluding carboxylic acids is 1. The zero-order valence-corrected chi connectivity index (χ0v) is 17.3. The highest BCUT2D eigenvalue weighted by Gasteiger charge is 2.58. The molecule has 2 N–H and O–H groups in total. The van der Waals surface area contributed by atoms with Crippen LogP contribution in [0.25, 0.3) is 0 Å². The minimum absolute atomic E-state index is 0.0916. The van der Waals surface area contributed by atoms with E-state index in [1.54, 1.807) is 0 Å². The molecule has 6 heteroatoms. The number of hydrogen-bond acceptors (Lipinski definition) is 6. The van der Waals surface area contributed by atoms with Gasteiger partial charge in [-0.3, -0.25) is 9.79 Å². The van der Waals surface area contributed by atoms with Gasteiger partial charge < -0.3 is 20.1 Å². The topological polar surface area (TPSA) is 72.0 Å². The highest BCUT2D eigenvalue weighted by molar-refractivity contribution is 5.80. The maximum Gasteiger partial charge on any atom is 0.306 e. The van der Waals surface area contributed by atoms with Crippen molar-refractivity contribution in [2.24, 2.45) is 16.3 Å². The Morgan fingerprint density at radius 3 is 2.79 bits per heavy atom. The third-order valence-corrected chi connectivity index (χ3v) is 5.76. The quantitative estimate of drug-likeness (QED) is 0.503. The maximum absolute atomic E-state index is 11.8. The van der Waals surface area contributed by atoms with Crippen molar-refractivity contribution in [3.63, 3.8) is 0 Å². The van der Waals surface area contributed by atoms with Crippen molar-refractivity contribution in [1.29, 1.82) is 0 Å². The molecule has 1 saturated carbocycles. The van der Waals surface area contributed by atoms with Crippen LogP contribution in [-0.4, -0.2) is 44.8 Å². The van der Waals surface area contributed by atoms with E-state index in [-0.39, 0.29) is 11.4 Å². The normalized spacial score (nSPS) is 22.6. The van der Waals surface area contributed by atoms with Crippen LogP contribution in [0.15, 0.2) is 29.3 Å². The fourth-order valence-electron chi connectivity index (χ4n) is 4.08. The predicted octanol–water partition coefficient (Wildman–Crippen LogP) is 3.09. The Kier molecular flexibility index (Phi) is 6.81. The van der Waals surface area contributed by atoms with Crippen molar-refractivity contribution in [2.75, 3.05) is 32.8 Å². The minimum atomic E-state index is -0.0916. The first-order valence-corrected chi connectivity index (χ1v) is 10.4. The van der Waals surface area contributed by atoms with Gasteiger partial charge in [0.1, 0.15) is 5.75 Å². The summed E-state index contributed by atoms with van der Waals surface area (Å²) in [6.07, 6.45) is 2.52. The Hall–Kier alpha value is -2.24. The largest absolute Gasteiger partial charge is 0.494 e. The van der Waals surface area contributed by atoms with Gasteiger partial charge in [-0.25, -0.2) is 0 Å². The van der Waals surface area contributed by atoms with Gasteiger partial charge in [0.05, 0.1) is 13.2 Å². The van der Waals surface area contributed by atoms with Crippen LogP contribution in [-0.2, 0) is 9.53 Å². The van der Waals surface area contributed by atoms with Crippen molar-refractivity contribution in [3.05, 3.63) is 29.8 Å². The van der Waals surface area contributed by atoms with E-state index in [1.165, 1.54) is 5.56 Å². The van der Waals surface area contributed by atoms with Gasteiger partial charge in [0, 0.05) is 26.1 Å². The molecule has 2 unspecified atom stereocenters. The molecule has 0 aromatic heterocycles. The molecule has 1 fully saturated rings. The molecule has 0 saturated heterocycles. The Bertz CT molecular complexity index is 685. The summed E-state index contributed by atoms with van der Waals surface area (Å²) in [5.41, 5.74) is 1.41. The van der Waals surface area contributed by atoms with Crippen LogP contribution < -0.4 is 15.4 Å². The van der Waals surface area contributed by atoms with Crippen LogP contribution in [0.4, 0.5) is 0 Å². The third-order valence-electron chi connectivity index (χ3n) is 5.76. The third kappa shape index (κ3) is 5.18. The zero-order chi connectivity index (χ0) is 20.0. The highest BCUT2D eigenvalue weighted by atomic mass is 16.5. The number of nitrogens with zero attached hydrogens (tertiary/aromatic N) is 1. The van der Waals surface area contributed by atoms with E-state index < -0.39 is 0 Å². The smallest absolute Gasteiger partial charge is 0.306 e. The number of rotatable bonds is 9. The molecule has 2 atom stereocenters. The molecule has 1 aromatic carbocycles. The average Bonchev–Trinajstić information content (AvgIpc) is 3.22. The molecule has 0 spiro atoms. The Labute approximate surface area is 168 Å². The lowest BCUT2D eigenvalue weighted by Gasteiger charge is -2.16. The zero-order valence-electron chi connectivity index (χ0n) is 17.3. The summed E-state index contributed by atoms with van der Waals surface area (Å²) in [4.78, 5) is 16.2. The predicted molar refractivity (Wildman–Crippen MR) is 111 cm³/mol. The van der Waals surface area contributed by atoms with Gasteiger partial charge in [-0.15, -0.1) is 0 Å². The molecule has 0 amide bonds. The molecule has 0 bridgehead atoms. The second kappa shape index (κ2) is 9.30.